The molecule has 1 heterocycles. The first-order valence-corrected chi connectivity index (χ1v) is 4.52. The van der Waals surface area contributed by atoms with Gasteiger partial charge in [0.25, 0.3) is 0 Å². The Balaban J connectivity index is 0.000000561. The molecule has 3 heteroatoms. The van der Waals surface area contributed by atoms with E-state index in [4.69, 9.17) is 0 Å². The fourth-order valence-corrected chi connectivity index (χ4v) is 1.60. The second kappa shape index (κ2) is 7.50. The van der Waals surface area contributed by atoms with Crippen molar-refractivity contribution in [3.8, 4) is 0 Å². The molecule has 1 aliphatic rings. The van der Waals surface area contributed by atoms with E-state index in [-0.39, 0.29) is 0 Å². The van der Waals surface area contributed by atoms with Crippen molar-refractivity contribution in [3.63, 3.8) is 0 Å². The van der Waals surface area contributed by atoms with E-state index in [2.05, 4.69) is 24.3 Å². The third-order valence-corrected chi connectivity index (χ3v) is 2.02. The summed E-state index contributed by atoms with van der Waals surface area (Å²) in [5.41, 5.74) is 0. The van der Waals surface area contributed by atoms with Gasteiger partial charge in [0, 0.05) is 6.54 Å². The Hall–Kier alpha value is -0.150. The van der Waals surface area contributed by atoms with E-state index in [0.717, 1.165) is 5.92 Å². The topological polar surface area (TPSA) is 15.3 Å². The van der Waals surface area contributed by atoms with Crippen molar-refractivity contribution in [3.05, 3.63) is 0 Å². The van der Waals surface area contributed by atoms with Gasteiger partial charge in [-0.05, 0) is 45.9 Å². The van der Waals surface area contributed by atoms with E-state index in [1.165, 1.54) is 32.5 Å². The molecule has 1 atom stereocenters. The molecule has 1 aliphatic heterocycles. The second-order valence-corrected chi connectivity index (χ2v) is 3.47. The first-order chi connectivity index (χ1) is 5.79. The quantitative estimate of drug-likeness (QED) is 0.678. The van der Waals surface area contributed by atoms with Crippen LogP contribution in [0.25, 0.3) is 0 Å². The van der Waals surface area contributed by atoms with Crippen molar-refractivity contribution in [2.45, 2.75) is 12.8 Å². The Labute approximate surface area is 75.1 Å². The number of halogens is 1. The van der Waals surface area contributed by atoms with Gasteiger partial charge in [-0.2, -0.15) is 0 Å². The van der Waals surface area contributed by atoms with Crippen LogP contribution in [0.4, 0.5) is 4.39 Å². The van der Waals surface area contributed by atoms with Gasteiger partial charge in [0.2, 0.25) is 0 Å². The predicted octanol–water partition coefficient (Wildman–Crippen LogP) is 1.13. The van der Waals surface area contributed by atoms with E-state index in [1.54, 1.807) is 0 Å². The van der Waals surface area contributed by atoms with Crippen molar-refractivity contribution >= 4 is 0 Å². The second-order valence-electron chi connectivity index (χ2n) is 3.47. The van der Waals surface area contributed by atoms with E-state index >= 15 is 0 Å². The molecule has 0 radical (unpaired) electrons. The molecule has 0 aromatic heterocycles. The zero-order chi connectivity index (χ0) is 9.40. The highest BCUT2D eigenvalue weighted by atomic mass is 19.1. The smallest absolute Gasteiger partial charge is 0.0785 e. The fourth-order valence-electron chi connectivity index (χ4n) is 1.60. The Morgan fingerprint density at radius 3 is 2.50 bits per heavy atom. The van der Waals surface area contributed by atoms with E-state index < -0.39 is 0 Å². The lowest BCUT2D eigenvalue weighted by Gasteiger charge is -2.25. The molecule has 12 heavy (non-hydrogen) atoms. The largest absolute Gasteiger partial charge is 0.316 e. The van der Waals surface area contributed by atoms with Crippen molar-refractivity contribution < 1.29 is 4.39 Å². The maximum atomic E-state index is 9.50. The van der Waals surface area contributed by atoms with Crippen LogP contribution in [0.3, 0.4) is 0 Å². The zero-order valence-corrected chi connectivity index (χ0v) is 8.44. The summed E-state index contributed by atoms with van der Waals surface area (Å²) in [6.45, 7) is 3.69. The summed E-state index contributed by atoms with van der Waals surface area (Å²) >= 11 is 0. The summed E-state index contributed by atoms with van der Waals surface area (Å²) in [6.07, 6.45) is 2.77. The minimum Gasteiger partial charge on any atom is -0.316 e. The molecule has 0 aromatic rings. The molecular weight excluding hydrogens is 155 g/mol. The van der Waals surface area contributed by atoms with Crippen LogP contribution < -0.4 is 5.32 Å². The van der Waals surface area contributed by atoms with Gasteiger partial charge in [0.05, 0.1) is 7.18 Å². The van der Waals surface area contributed by atoms with Crippen LogP contribution in [0.5, 0.6) is 0 Å². The van der Waals surface area contributed by atoms with Gasteiger partial charge < -0.3 is 10.2 Å². The summed E-state index contributed by atoms with van der Waals surface area (Å²) in [6, 6.07) is 0. The van der Waals surface area contributed by atoms with Gasteiger partial charge in [-0.15, -0.1) is 0 Å². The van der Waals surface area contributed by atoms with Crippen LogP contribution in [0.15, 0.2) is 0 Å². The molecule has 1 fully saturated rings. The number of nitrogens with zero attached hydrogens (tertiary/aromatic N) is 1. The van der Waals surface area contributed by atoms with E-state index in [1.807, 2.05) is 0 Å². The van der Waals surface area contributed by atoms with Crippen LogP contribution in [-0.4, -0.2) is 45.8 Å². The van der Waals surface area contributed by atoms with Gasteiger partial charge in [0.15, 0.2) is 0 Å². The van der Waals surface area contributed by atoms with Crippen molar-refractivity contribution in [1.82, 2.24) is 10.2 Å². The molecule has 0 aromatic carbocycles. The van der Waals surface area contributed by atoms with Crippen molar-refractivity contribution in [2.24, 2.45) is 5.92 Å². The van der Waals surface area contributed by atoms with Crippen molar-refractivity contribution in [1.29, 1.82) is 0 Å². The third-order valence-electron chi connectivity index (χ3n) is 2.02. The van der Waals surface area contributed by atoms with Gasteiger partial charge >= 0.3 is 0 Å². The summed E-state index contributed by atoms with van der Waals surface area (Å²) in [5.74, 6) is 0.892. The van der Waals surface area contributed by atoms with Gasteiger partial charge in [0.1, 0.15) is 0 Å². The minimum atomic E-state index is 0.500. The maximum Gasteiger partial charge on any atom is 0.0785 e. The Morgan fingerprint density at radius 2 is 2.08 bits per heavy atom. The highest BCUT2D eigenvalue weighted by molar-refractivity contribution is 4.70. The lowest BCUT2D eigenvalue weighted by Crippen LogP contribution is -2.35. The number of rotatable bonds is 2. The minimum absolute atomic E-state index is 0.500. The average molecular weight is 176 g/mol. The molecule has 1 saturated heterocycles. The summed E-state index contributed by atoms with van der Waals surface area (Å²) in [7, 11) is 4.79. The molecule has 0 amide bonds. The number of hydrogen-bond donors (Lipinski definition) is 1. The first kappa shape index (κ1) is 11.8. The van der Waals surface area contributed by atoms with Crippen LogP contribution in [0.2, 0.25) is 0 Å². The normalized spacial score (nSPS) is 23.2. The molecule has 0 saturated carbocycles. The predicted molar refractivity (Wildman–Crippen MR) is 51.2 cm³/mol. The van der Waals surface area contributed by atoms with Crippen LogP contribution in [-0.2, 0) is 0 Å². The highest BCUT2D eigenvalue weighted by Gasteiger charge is 2.12. The average Bonchev–Trinajstić information content (AvgIpc) is 2.08. The standard InChI is InChI=1S/C8H18N2.CH3F/c1-10(2)7-8-4-3-5-9-6-8;1-2/h8-9H,3-7H2,1-2H3;1H3. The molecule has 2 nitrogen and oxygen atoms in total. The Kier molecular flexibility index (Phi) is 7.40. The molecule has 0 spiro atoms. The summed E-state index contributed by atoms with van der Waals surface area (Å²) in [4.78, 5) is 2.28. The Morgan fingerprint density at radius 1 is 1.42 bits per heavy atom. The fraction of sp³-hybridized carbons (Fsp3) is 1.00. The maximum absolute atomic E-state index is 9.50. The molecular formula is C9H21FN2. The van der Waals surface area contributed by atoms with E-state index in [0.29, 0.717) is 7.18 Å². The summed E-state index contributed by atoms with van der Waals surface area (Å²) < 4.78 is 9.50. The monoisotopic (exact) mass is 176 g/mol. The highest BCUT2D eigenvalue weighted by Crippen LogP contribution is 2.09. The molecule has 74 valence electrons. The van der Waals surface area contributed by atoms with Crippen LogP contribution in [0.1, 0.15) is 12.8 Å². The first-order valence-electron chi connectivity index (χ1n) is 4.52. The molecule has 0 aliphatic carbocycles. The lowest BCUT2D eigenvalue weighted by molar-refractivity contribution is 0.276. The van der Waals surface area contributed by atoms with Gasteiger partial charge in [-0.3, -0.25) is 4.39 Å². The molecule has 1 N–H and O–H groups in total. The molecule has 0 bridgehead atoms. The van der Waals surface area contributed by atoms with Gasteiger partial charge in [-0.25, -0.2) is 0 Å². The molecule has 1 rings (SSSR count). The SMILES string of the molecule is CF.CN(C)CC1CCCNC1. The Bertz CT molecular complexity index is 90.5. The zero-order valence-electron chi connectivity index (χ0n) is 8.44. The third kappa shape index (κ3) is 5.49. The number of hydrogen-bond acceptors (Lipinski definition) is 2. The van der Waals surface area contributed by atoms with Gasteiger partial charge in [-0.1, -0.05) is 0 Å². The lowest BCUT2D eigenvalue weighted by atomic mass is 9.99. The van der Waals surface area contributed by atoms with Crippen molar-refractivity contribution in [2.75, 3.05) is 40.9 Å². The number of nitrogens with one attached hydrogen (secondary N) is 1. The molecule has 1 unspecified atom stereocenters. The number of alkyl halides is 1. The van der Waals surface area contributed by atoms with Crippen LogP contribution >= 0.6 is 0 Å². The number of piperidine rings is 1. The van der Waals surface area contributed by atoms with Crippen LogP contribution in [0, 0.1) is 5.92 Å². The summed E-state index contributed by atoms with van der Waals surface area (Å²) in [5, 5.41) is 3.41. The van der Waals surface area contributed by atoms with E-state index in [9.17, 15) is 4.39 Å².